The maximum absolute atomic E-state index is 12.3. The molecule has 0 saturated heterocycles. The van der Waals surface area contributed by atoms with Gasteiger partial charge in [0, 0.05) is 6.54 Å². The highest BCUT2D eigenvalue weighted by atomic mass is 32.2. The van der Waals surface area contributed by atoms with E-state index in [4.69, 9.17) is 0 Å². The van der Waals surface area contributed by atoms with Crippen molar-refractivity contribution in [2.24, 2.45) is 0 Å². The molecule has 112 valence electrons. The largest absolute Gasteiger partial charge is 0.230 e. The van der Waals surface area contributed by atoms with Gasteiger partial charge in [-0.2, -0.15) is 5.26 Å². The van der Waals surface area contributed by atoms with Crippen molar-refractivity contribution in [2.45, 2.75) is 76.9 Å². The summed E-state index contributed by atoms with van der Waals surface area (Å²) in [5, 5.41) is 9.45. The van der Waals surface area contributed by atoms with Gasteiger partial charge in [0.2, 0.25) is 10.0 Å². The van der Waals surface area contributed by atoms with E-state index in [1.165, 1.54) is 0 Å². The normalized spacial score (nSPS) is 14.8. The second-order valence-corrected chi connectivity index (χ2v) is 7.10. The van der Waals surface area contributed by atoms with Gasteiger partial charge in [-0.1, -0.05) is 59.3 Å². The van der Waals surface area contributed by atoms with E-state index in [9.17, 15) is 13.7 Å². The molecule has 19 heavy (non-hydrogen) atoms. The molecule has 0 spiro atoms. The number of nitriles is 1. The Morgan fingerprint density at radius 3 is 2.05 bits per heavy atom. The molecule has 0 aromatic carbocycles. The SMILES string of the molecule is CCCCCCC(C#N)(CCCC)S(=O)(=O)NCC. The number of unbranched alkanes of at least 4 members (excludes halogenated alkanes) is 4. The van der Waals surface area contributed by atoms with Crippen LogP contribution in [0.25, 0.3) is 0 Å². The van der Waals surface area contributed by atoms with Gasteiger partial charge >= 0.3 is 0 Å². The van der Waals surface area contributed by atoms with Crippen LogP contribution >= 0.6 is 0 Å². The summed E-state index contributed by atoms with van der Waals surface area (Å²) in [7, 11) is -3.55. The van der Waals surface area contributed by atoms with Crippen LogP contribution in [-0.2, 0) is 10.0 Å². The molecule has 0 aliphatic carbocycles. The number of hydrogen-bond donors (Lipinski definition) is 1. The molecule has 0 aliphatic heterocycles. The topological polar surface area (TPSA) is 70.0 Å². The number of sulfonamides is 1. The minimum Gasteiger partial charge on any atom is -0.214 e. The second-order valence-electron chi connectivity index (χ2n) is 5.02. The fraction of sp³-hybridized carbons (Fsp3) is 0.929. The number of hydrogen-bond acceptors (Lipinski definition) is 3. The van der Waals surface area contributed by atoms with Crippen LogP contribution in [0.2, 0.25) is 0 Å². The van der Waals surface area contributed by atoms with E-state index in [-0.39, 0.29) is 0 Å². The quantitative estimate of drug-likeness (QED) is 0.593. The average Bonchev–Trinajstić information content (AvgIpc) is 2.38. The second kappa shape index (κ2) is 9.33. The fourth-order valence-corrected chi connectivity index (χ4v) is 3.80. The van der Waals surface area contributed by atoms with Gasteiger partial charge in [0.15, 0.2) is 4.75 Å². The van der Waals surface area contributed by atoms with Crippen LogP contribution in [0.4, 0.5) is 0 Å². The third-order valence-corrected chi connectivity index (χ3v) is 5.62. The van der Waals surface area contributed by atoms with Crippen molar-refractivity contribution >= 4 is 10.0 Å². The van der Waals surface area contributed by atoms with Gasteiger partial charge in [-0.15, -0.1) is 0 Å². The zero-order valence-electron chi connectivity index (χ0n) is 12.5. The Kier molecular flexibility index (Phi) is 9.03. The lowest BCUT2D eigenvalue weighted by Crippen LogP contribution is -2.45. The maximum atomic E-state index is 12.3. The van der Waals surface area contributed by atoms with Crippen LogP contribution in [-0.4, -0.2) is 19.7 Å². The van der Waals surface area contributed by atoms with E-state index in [0.29, 0.717) is 19.4 Å². The van der Waals surface area contributed by atoms with Gasteiger partial charge < -0.3 is 0 Å². The van der Waals surface area contributed by atoms with Crippen molar-refractivity contribution in [2.75, 3.05) is 6.54 Å². The van der Waals surface area contributed by atoms with E-state index >= 15 is 0 Å². The minimum atomic E-state index is -3.55. The monoisotopic (exact) mass is 288 g/mol. The molecule has 0 bridgehead atoms. The Balaban J connectivity index is 4.94. The Labute approximate surface area is 118 Å². The first-order valence-corrected chi connectivity index (χ1v) is 8.88. The average molecular weight is 288 g/mol. The van der Waals surface area contributed by atoms with Gasteiger partial charge in [0.05, 0.1) is 6.07 Å². The molecule has 0 aliphatic rings. The maximum Gasteiger partial charge on any atom is 0.230 e. The molecule has 0 amide bonds. The predicted molar refractivity (Wildman–Crippen MR) is 79.2 cm³/mol. The first kappa shape index (κ1) is 18.4. The summed E-state index contributed by atoms with van der Waals surface area (Å²) in [5.74, 6) is 0. The molecular formula is C14H28N2O2S. The van der Waals surface area contributed by atoms with Crippen molar-refractivity contribution in [3.8, 4) is 6.07 Å². The van der Waals surface area contributed by atoms with Gasteiger partial charge in [-0.25, -0.2) is 13.1 Å². The summed E-state index contributed by atoms with van der Waals surface area (Å²) in [6, 6.07) is 2.10. The van der Waals surface area contributed by atoms with Crippen LogP contribution < -0.4 is 4.72 Å². The van der Waals surface area contributed by atoms with Gasteiger partial charge in [-0.05, 0) is 12.8 Å². The lowest BCUT2D eigenvalue weighted by atomic mass is 9.95. The van der Waals surface area contributed by atoms with Gasteiger partial charge in [-0.3, -0.25) is 0 Å². The molecular weight excluding hydrogens is 260 g/mol. The third-order valence-electron chi connectivity index (χ3n) is 3.42. The summed E-state index contributed by atoms with van der Waals surface area (Å²) in [6.45, 7) is 6.21. The summed E-state index contributed by atoms with van der Waals surface area (Å²) in [5.41, 5.74) is 0. The number of nitrogens with zero attached hydrogens (tertiary/aromatic N) is 1. The van der Waals surface area contributed by atoms with E-state index in [0.717, 1.165) is 38.5 Å². The highest BCUT2D eigenvalue weighted by Gasteiger charge is 2.42. The molecule has 5 heteroatoms. The molecule has 0 aromatic heterocycles. The van der Waals surface area contributed by atoms with Crippen LogP contribution in [0, 0.1) is 11.3 Å². The van der Waals surface area contributed by atoms with Crippen LogP contribution in [0.1, 0.15) is 72.1 Å². The summed E-state index contributed by atoms with van der Waals surface area (Å²) < 4.78 is 25.9. The lowest BCUT2D eigenvalue weighted by molar-refractivity contribution is 0.474. The van der Waals surface area contributed by atoms with Gasteiger partial charge in [0.25, 0.3) is 0 Å². The highest BCUT2D eigenvalue weighted by molar-refractivity contribution is 7.91. The van der Waals surface area contributed by atoms with E-state index < -0.39 is 14.8 Å². The third kappa shape index (κ3) is 5.50. The number of nitrogens with one attached hydrogen (secondary N) is 1. The Hall–Kier alpha value is -0.600. The number of rotatable bonds is 11. The molecule has 0 radical (unpaired) electrons. The van der Waals surface area contributed by atoms with Crippen molar-refractivity contribution in [3.05, 3.63) is 0 Å². The van der Waals surface area contributed by atoms with Crippen LogP contribution in [0.5, 0.6) is 0 Å². The standard InChI is InChI=1S/C14H28N2O2S/c1-4-7-9-10-12-14(13-15,11-8-5-2)19(17,18)16-6-3/h16H,4-12H2,1-3H3. The van der Waals surface area contributed by atoms with Crippen molar-refractivity contribution in [1.29, 1.82) is 5.26 Å². The molecule has 0 rings (SSSR count). The smallest absolute Gasteiger partial charge is 0.214 e. The summed E-state index contributed by atoms with van der Waals surface area (Å²) in [4.78, 5) is 0. The van der Waals surface area contributed by atoms with E-state index in [2.05, 4.69) is 17.7 Å². The molecule has 0 aromatic rings. The van der Waals surface area contributed by atoms with Gasteiger partial charge in [0.1, 0.15) is 0 Å². The Morgan fingerprint density at radius 1 is 1.00 bits per heavy atom. The predicted octanol–water partition coefficient (Wildman–Crippen LogP) is 3.35. The van der Waals surface area contributed by atoms with Crippen molar-refractivity contribution in [1.82, 2.24) is 4.72 Å². The van der Waals surface area contributed by atoms with Crippen LogP contribution in [0.3, 0.4) is 0 Å². The van der Waals surface area contributed by atoms with Crippen molar-refractivity contribution < 1.29 is 8.42 Å². The van der Waals surface area contributed by atoms with Crippen LogP contribution in [0.15, 0.2) is 0 Å². The first-order chi connectivity index (χ1) is 8.99. The molecule has 0 fully saturated rings. The minimum absolute atomic E-state index is 0.340. The Bertz CT molecular complexity index is 373. The van der Waals surface area contributed by atoms with E-state index in [1.54, 1.807) is 6.92 Å². The molecule has 0 heterocycles. The zero-order chi connectivity index (χ0) is 14.8. The molecule has 4 nitrogen and oxygen atoms in total. The Morgan fingerprint density at radius 2 is 1.58 bits per heavy atom. The lowest BCUT2D eigenvalue weighted by Gasteiger charge is -2.26. The van der Waals surface area contributed by atoms with Crippen molar-refractivity contribution in [3.63, 3.8) is 0 Å². The summed E-state index contributed by atoms with van der Waals surface area (Å²) in [6.07, 6.45) is 6.54. The first-order valence-electron chi connectivity index (χ1n) is 7.40. The molecule has 0 saturated carbocycles. The molecule has 1 atom stereocenters. The molecule has 1 N–H and O–H groups in total. The molecule has 1 unspecified atom stereocenters. The van der Waals surface area contributed by atoms with E-state index in [1.807, 2.05) is 6.92 Å². The fourth-order valence-electron chi connectivity index (χ4n) is 2.19. The highest BCUT2D eigenvalue weighted by Crippen LogP contribution is 2.29. The zero-order valence-corrected chi connectivity index (χ0v) is 13.4. The summed E-state index contributed by atoms with van der Waals surface area (Å²) >= 11 is 0.